The van der Waals surface area contributed by atoms with Gasteiger partial charge in [-0.1, -0.05) is 6.07 Å². The molecular weight excluding hydrogens is 543 g/mol. The lowest BCUT2D eigenvalue weighted by Crippen LogP contribution is -2.27. The topological polar surface area (TPSA) is 97.2 Å². The van der Waals surface area contributed by atoms with E-state index >= 15 is 0 Å². The maximum atomic E-state index is 13.3. The number of ether oxygens (including phenoxy) is 1. The number of halogens is 3. The van der Waals surface area contributed by atoms with Crippen LogP contribution in [0.25, 0.3) is 5.82 Å². The number of carbonyl (C=O) groups is 1. The highest BCUT2D eigenvalue weighted by molar-refractivity contribution is 7.97. The maximum absolute atomic E-state index is 13.3. The van der Waals surface area contributed by atoms with Gasteiger partial charge in [-0.3, -0.25) is 9.52 Å². The van der Waals surface area contributed by atoms with Crippen molar-refractivity contribution in [3.05, 3.63) is 48.2 Å². The van der Waals surface area contributed by atoms with Gasteiger partial charge in [0.05, 0.1) is 17.6 Å². The van der Waals surface area contributed by atoms with E-state index in [4.69, 9.17) is 9.72 Å². The number of alkyl halides is 3. The van der Waals surface area contributed by atoms with Gasteiger partial charge in [0, 0.05) is 43.8 Å². The molecule has 9 nitrogen and oxygen atoms in total. The van der Waals surface area contributed by atoms with Crippen LogP contribution in [0.2, 0.25) is 0 Å². The van der Waals surface area contributed by atoms with Gasteiger partial charge in [0.15, 0.2) is 5.82 Å². The van der Waals surface area contributed by atoms with E-state index in [1.165, 1.54) is 4.68 Å². The highest BCUT2D eigenvalue weighted by Crippen LogP contribution is 2.59. The molecule has 1 amide bonds. The lowest BCUT2D eigenvalue weighted by molar-refractivity contribution is -0.190. The fraction of sp³-hybridized carbons (Fsp3) is 0.481. The largest absolute Gasteiger partial charge is 0.477 e. The van der Waals surface area contributed by atoms with Crippen LogP contribution in [0.4, 0.5) is 24.8 Å². The van der Waals surface area contributed by atoms with Crippen LogP contribution in [-0.2, 0) is 0 Å². The summed E-state index contributed by atoms with van der Waals surface area (Å²) in [6.45, 7) is 2.35. The lowest BCUT2D eigenvalue weighted by Gasteiger charge is -2.21. The number of aromatic nitrogens is 4. The zero-order valence-electron chi connectivity index (χ0n) is 21.8. The Morgan fingerprint density at radius 2 is 2.00 bits per heavy atom. The van der Waals surface area contributed by atoms with Crippen LogP contribution in [0.3, 0.4) is 0 Å². The molecule has 0 radical (unpaired) electrons. The molecule has 6 rings (SSSR count). The van der Waals surface area contributed by atoms with Crippen molar-refractivity contribution in [1.29, 1.82) is 0 Å². The third-order valence-corrected chi connectivity index (χ3v) is 8.57. The first-order valence-electron chi connectivity index (χ1n) is 13.5. The Morgan fingerprint density at radius 1 is 1.12 bits per heavy atom. The van der Waals surface area contributed by atoms with Gasteiger partial charge in [0.1, 0.15) is 16.7 Å². The summed E-state index contributed by atoms with van der Waals surface area (Å²) >= 11 is 1.15. The summed E-state index contributed by atoms with van der Waals surface area (Å²) in [5.74, 6) is 2.28. The van der Waals surface area contributed by atoms with E-state index in [1.54, 1.807) is 24.4 Å². The number of nitrogens with zero attached hydrogens (tertiary/aromatic N) is 5. The first-order valence-corrected chi connectivity index (χ1v) is 14.3. The van der Waals surface area contributed by atoms with E-state index in [0.29, 0.717) is 28.1 Å². The molecule has 1 saturated heterocycles. The summed E-state index contributed by atoms with van der Waals surface area (Å²) in [5.41, 5.74) is -1.16. The molecule has 212 valence electrons. The number of amides is 1. The molecule has 2 fully saturated rings. The number of nitrogens with one attached hydrogen (secondary N) is 2. The summed E-state index contributed by atoms with van der Waals surface area (Å²) in [6, 6.07) is 10.7. The number of pyridine rings is 2. The molecule has 0 spiro atoms. The van der Waals surface area contributed by atoms with Crippen LogP contribution in [0.15, 0.2) is 47.6 Å². The number of hydrogen-bond acceptors (Lipinski definition) is 8. The van der Waals surface area contributed by atoms with Gasteiger partial charge in [0.25, 0.3) is 5.91 Å². The van der Waals surface area contributed by atoms with Gasteiger partial charge >= 0.3 is 6.18 Å². The zero-order chi connectivity index (χ0) is 27.7. The molecule has 4 bridgehead atoms. The van der Waals surface area contributed by atoms with E-state index in [2.05, 4.69) is 25.0 Å². The minimum atomic E-state index is -4.20. The summed E-state index contributed by atoms with van der Waals surface area (Å²) in [6.07, 6.45) is 0.734. The minimum absolute atomic E-state index is 0.0611. The Morgan fingerprint density at radius 3 is 2.83 bits per heavy atom. The van der Waals surface area contributed by atoms with Crippen molar-refractivity contribution in [1.82, 2.24) is 24.5 Å². The summed E-state index contributed by atoms with van der Waals surface area (Å²) in [5, 5.41) is 8.41. The first-order chi connectivity index (χ1) is 19.3. The van der Waals surface area contributed by atoms with Crippen LogP contribution in [0.1, 0.15) is 48.9 Å². The molecule has 1 saturated carbocycles. The molecule has 3 aromatic rings. The third kappa shape index (κ3) is 5.70. The second-order valence-electron chi connectivity index (χ2n) is 10.6. The first kappa shape index (κ1) is 26.7. The van der Waals surface area contributed by atoms with Gasteiger partial charge in [-0.25, -0.2) is 14.6 Å². The molecule has 1 atom stereocenters. The van der Waals surface area contributed by atoms with Crippen LogP contribution in [0.5, 0.6) is 5.88 Å². The van der Waals surface area contributed by atoms with Crippen LogP contribution in [0, 0.1) is 11.3 Å². The number of fused-ring (bicyclic) bond motifs is 6. The molecule has 5 heterocycles. The van der Waals surface area contributed by atoms with Crippen molar-refractivity contribution in [2.45, 2.75) is 49.7 Å². The molecule has 40 heavy (non-hydrogen) atoms. The lowest BCUT2D eigenvalue weighted by atomic mass is 10.0. The fourth-order valence-corrected chi connectivity index (χ4v) is 5.86. The molecule has 2 N–H and O–H groups in total. The van der Waals surface area contributed by atoms with E-state index in [-0.39, 0.29) is 37.7 Å². The average molecular weight is 574 g/mol. The molecule has 13 heteroatoms. The Labute approximate surface area is 234 Å². The van der Waals surface area contributed by atoms with Crippen molar-refractivity contribution in [2.75, 3.05) is 36.5 Å². The second kappa shape index (κ2) is 10.8. The standard InChI is InChI=1S/C27H30F3N7O2S/c28-27(29,30)26(10-11-26)12-16-39-22-9-15-37(34-22)21-7-6-19-24(33-21)36-14-8-18(17-36)3-2-13-31-20-4-1-5-23(32-20)40-35-25(19)38/h1,4-7,9,15,18H,2-3,8,10-14,16-17H2,(H,31,32)(H,35,38). The number of carbonyl (C=O) groups excluding carboxylic acids is 1. The van der Waals surface area contributed by atoms with E-state index in [9.17, 15) is 18.0 Å². The smallest absolute Gasteiger partial charge is 0.394 e. The average Bonchev–Trinajstić information content (AvgIpc) is 3.36. The molecule has 3 aliphatic rings. The van der Waals surface area contributed by atoms with Gasteiger partial charge in [-0.15, -0.1) is 5.10 Å². The highest BCUT2D eigenvalue weighted by Gasteiger charge is 2.62. The van der Waals surface area contributed by atoms with Crippen molar-refractivity contribution in [3.8, 4) is 11.7 Å². The third-order valence-electron chi connectivity index (χ3n) is 7.84. The highest BCUT2D eigenvalue weighted by atomic mass is 32.2. The molecule has 1 unspecified atom stereocenters. The van der Waals surface area contributed by atoms with Crippen LogP contribution in [-0.4, -0.2) is 58.1 Å². The summed E-state index contributed by atoms with van der Waals surface area (Å²) in [7, 11) is 0. The van der Waals surface area contributed by atoms with E-state index in [1.807, 2.05) is 18.2 Å². The molecular formula is C27H30F3N7O2S. The maximum Gasteiger partial charge on any atom is 0.394 e. The monoisotopic (exact) mass is 573 g/mol. The van der Waals surface area contributed by atoms with E-state index < -0.39 is 11.6 Å². The van der Waals surface area contributed by atoms with E-state index in [0.717, 1.165) is 56.7 Å². The molecule has 3 aromatic heterocycles. The predicted molar refractivity (Wildman–Crippen MR) is 145 cm³/mol. The Kier molecular flexibility index (Phi) is 7.24. The minimum Gasteiger partial charge on any atom is -0.477 e. The SMILES string of the molecule is O=C1NSc2cccc(n2)NCCCC2CCN(C2)c2nc(-n3ccc(OCCC4(C(F)(F)F)CC4)n3)ccc21. The Balaban J connectivity index is 1.21. The number of hydrogen-bond donors (Lipinski definition) is 2. The second-order valence-corrected chi connectivity index (χ2v) is 11.4. The van der Waals surface area contributed by atoms with Crippen molar-refractivity contribution >= 4 is 29.5 Å². The van der Waals surface area contributed by atoms with Gasteiger partial charge in [-0.05, 0) is 68.7 Å². The Hall–Kier alpha value is -3.48. The van der Waals surface area contributed by atoms with Crippen molar-refractivity contribution in [2.24, 2.45) is 11.3 Å². The molecule has 0 aromatic carbocycles. The zero-order valence-corrected chi connectivity index (χ0v) is 22.6. The van der Waals surface area contributed by atoms with Crippen LogP contribution >= 0.6 is 11.9 Å². The van der Waals surface area contributed by atoms with Crippen molar-refractivity contribution < 1.29 is 22.7 Å². The normalized spacial score (nSPS) is 20.5. The summed E-state index contributed by atoms with van der Waals surface area (Å²) in [4.78, 5) is 24.8. The fourth-order valence-electron chi connectivity index (χ4n) is 5.26. The molecule has 2 aliphatic heterocycles. The predicted octanol–water partition coefficient (Wildman–Crippen LogP) is 5.24. The number of anilines is 2. The quantitative estimate of drug-likeness (QED) is 0.400. The summed E-state index contributed by atoms with van der Waals surface area (Å²) < 4.78 is 49.6. The van der Waals surface area contributed by atoms with Gasteiger partial charge in [-0.2, -0.15) is 13.2 Å². The van der Waals surface area contributed by atoms with Crippen LogP contribution < -0.4 is 19.7 Å². The van der Waals surface area contributed by atoms with Gasteiger partial charge in [0.2, 0.25) is 5.88 Å². The van der Waals surface area contributed by atoms with Gasteiger partial charge < -0.3 is 15.0 Å². The van der Waals surface area contributed by atoms with Crippen molar-refractivity contribution in [3.63, 3.8) is 0 Å². The molecule has 1 aliphatic carbocycles. The Bertz CT molecular complexity index is 1380. The number of rotatable bonds is 5.